The Hall–Kier alpha value is -1.99. The van der Waals surface area contributed by atoms with Crippen LogP contribution < -0.4 is 4.31 Å². The number of alkyl halides is 14. The summed E-state index contributed by atoms with van der Waals surface area (Å²) in [7, 11) is -4.64. The van der Waals surface area contributed by atoms with Gasteiger partial charge in [-0.3, -0.25) is 4.31 Å². The molecule has 0 amide bonds. The summed E-state index contributed by atoms with van der Waals surface area (Å²) in [5, 5.41) is 0. The van der Waals surface area contributed by atoms with E-state index in [0.717, 1.165) is 46.9 Å². The Morgan fingerprint density at radius 2 is 1.15 bits per heavy atom. The maximum absolute atomic E-state index is 14.4. The number of sulfonamides is 1. The fourth-order valence-corrected chi connectivity index (χ4v) is 5.95. The largest absolute Gasteiger partial charge is 0.460 e. The van der Waals surface area contributed by atoms with Crippen molar-refractivity contribution in [3.8, 4) is 0 Å². The first-order chi connectivity index (χ1) is 17.8. The van der Waals surface area contributed by atoms with Gasteiger partial charge in [-0.05, 0) is 31.2 Å². The second kappa shape index (κ2) is 11.0. The van der Waals surface area contributed by atoms with E-state index in [4.69, 9.17) is 0 Å². The van der Waals surface area contributed by atoms with E-state index in [-0.39, 0.29) is 5.69 Å². The zero-order valence-electron chi connectivity index (χ0n) is 19.7. The highest BCUT2D eigenvalue weighted by atomic mass is 127. The molecule has 18 heteroatoms. The summed E-state index contributed by atoms with van der Waals surface area (Å²) in [5.74, 6) is -37.5. The minimum Gasteiger partial charge on any atom is -0.265 e. The number of rotatable bonds is 11. The van der Waals surface area contributed by atoms with E-state index < -0.39 is 67.6 Å². The van der Waals surface area contributed by atoms with Crippen LogP contribution in [-0.2, 0) is 10.0 Å². The molecule has 0 bridgehead atoms. The molecule has 1 atom stereocenters. The van der Waals surface area contributed by atoms with Gasteiger partial charge in [0.15, 0.2) is 0 Å². The molecule has 0 aromatic heterocycles. The van der Waals surface area contributed by atoms with Crippen molar-refractivity contribution >= 4 is 38.3 Å². The highest BCUT2D eigenvalue weighted by Gasteiger charge is 2.90. The third kappa shape index (κ3) is 5.97. The van der Waals surface area contributed by atoms with Crippen molar-refractivity contribution in [2.24, 2.45) is 0 Å². The number of para-hydroxylation sites is 1. The highest BCUT2D eigenvalue weighted by molar-refractivity contribution is 14.1. The molecule has 226 valence electrons. The molecule has 1 unspecified atom stereocenters. The molecule has 0 aliphatic rings. The second-order valence-corrected chi connectivity index (χ2v) is 12.1. The van der Waals surface area contributed by atoms with Crippen molar-refractivity contribution in [2.75, 3.05) is 10.8 Å². The molecule has 3 nitrogen and oxygen atoms in total. The van der Waals surface area contributed by atoms with Gasteiger partial charge in [-0.15, -0.1) is 0 Å². The SMILES string of the molecule is Cc1ccc(S(=O)(=O)N(CC(I)CC(F)(F)C(F)(F)C(F)(F)C(F)(F)C(F)(F)C(F)(F)F)c2ccccc2)cc1. The van der Waals surface area contributed by atoms with Gasteiger partial charge in [0.05, 0.1) is 10.6 Å². The number of anilines is 1. The number of halogens is 14. The molecule has 0 saturated heterocycles. The topological polar surface area (TPSA) is 37.4 Å². The van der Waals surface area contributed by atoms with Gasteiger partial charge in [0, 0.05) is 16.9 Å². The maximum Gasteiger partial charge on any atom is 0.460 e. The minimum atomic E-state index is -8.00. The Morgan fingerprint density at radius 3 is 1.60 bits per heavy atom. The number of nitrogens with zero attached hydrogens (tertiary/aromatic N) is 1. The summed E-state index contributed by atoms with van der Waals surface area (Å²) in [6.45, 7) is 0.436. The number of hydrogen-bond donors (Lipinski definition) is 0. The number of benzene rings is 2. The van der Waals surface area contributed by atoms with Gasteiger partial charge in [-0.1, -0.05) is 58.5 Å². The first kappa shape index (κ1) is 34.2. The van der Waals surface area contributed by atoms with Gasteiger partial charge in [0.1, 0.15) is 0 Å². The minimum absolute atomic E-state index is 0.221. The van der Waals surface area contributed by atoms with Crippen LogP contribution in [0, 0.1) is 6.92 Å². The Bertz CT molecular complexity index is 1270. The van der Waals surface area contributed by atoms with Crippen molar-refractivity contribution in [1.29, 1.82) is 0 Å². The number of aryl methyl sites for hydroxylation is 1. The predicted molar refractivity (Wildman–Crippen MR) is 125 cm³/mol. The van der Waals surface area contributed by atoms with Gasteiger partial charge in [0.25, 0.3) is 10.0 Å². The molecule has 0 heterocycles. The summed E-state index contributed by atoms with van der Waals surface area (Å²) in [4.78, 5) is -0.414. The van der Waals surface area contributed by atoms with E-state index in [1.165, 1.54) is 30.3 Å². The molecule has 2 aromatic rings. The maximum atomic E-state index is 14.4. The van der Waals surface area contributed by atoms with E-state index in [1.54, 1.807) is 6.92 Å². The smallest absolute Gasteiger partial charge is 0.265 e. The molecule has 0 saturated carbocycles. The molecule has 0 aliphatic carbocycles. The van der Waals surface area contributed by atoms with E-state index in [2.05, 4.69) is 0 Å². The lowest BCUT2D eigenvalue weighted by atomic mass is 9.92. The Kier molecular flexibility index (Phi) is 9.42. The van der Waals surface area contributed by atoms with Gasteiger partial charge in [0.2, 0.25) is 0 Å². The van der Waals surface area contributed by atoms with Crippen molar-refractivity contribution < 1.29 is 65.5 Å². The lowest BCUT2D eigenvalue weighted by molar-refractivity contribution is -0.440. The van der Waals surface area contributed by atoms with Gasteiger partial charge >= 0.3 is 35.8 Å². The van der Waals surface area contributed by atoms with Crippen LogP contribution in [0.3, 0.4) is 0 Å². The second-order valence-electron chi connectivity index (χ2n) is 8.49. The van der Waals surface area contributed by atoms with Crippen LogP contribution in [-0.4, -0.2) is 54.7 Å². The molecule has 0 N–H and O–H groups in total. The molecule has 0 spiro atoms. The number of hydrogen-bond acceptors (Lipinski definition) is 2. The lowest BCUT2D eigenvalue weighted by Crippen LogP contribution is -2.70. The van der Waals surface area contributed by atoms with Crippen LogP contribution in [0.2, 0.25) is 0 Å². The monoisotopic (exact) mass is 733 g/mol. The average molecular weight is 733 g/mol. The molecule has 0 aliphatic heterocycles. The van der Waals surface area contributed by atoms with Gasteiger partial charge < -0.3 is 0 Å². The highest BCUT2D eigenvalue weighted by Crippen LogP contribution is 2.61. The van der Waals surface area contributed by atoms with Gasteiger partial charge in [-0.25, -0.2) is 8.42 Å². The first-order valence-electron chi connectivity index (χ1n) is 10.6. The van der Waals surface area contributed by atoms with E-state index in [0.29, 0.717) is 9.87 Å². The third-order valence-corrected chi connectivity index (χ3v) is 8.14. The summed E-state index contributed by atoms with van der Waals surface area (Å²) in [6.07, 6.45) is -10.0. The van der Waals surface area contributed by atoms with Crippen molar-refractivity contribution in [3.05, 3.63) is 60.2 Å². The molecular formula is C22H17F13INO2S. The fraction of sp³-hybridized carbons (Fsp3) is 0.455. The van der Waals surface area contributed by atoms with Crippen LogP contribution in [0.15, 0.2) is 59.5 Å². The average Bonchev–Trinajstić information content (AvgIpc) is 2.81. The molecule has 0 radical (unpaired) electrons. The van der Waals surface area contributed by atoms with E-state index >= 15 is 0 Å². The van der Waals surface area contributed by atoms with Crippen LogP contribution in [0.5, 0.6) is 0 Å². The third-order valence-electron chi connectivity index (χ3n) is 5.49. The summed E-state index contributed by atoms with van der Waals surface area (Å²) in [6, 6.07) is 11.2. The lowest BCUT2D eigenvalue weighted by Gasteiger charge is -2.40. The Morgan fingerprint density at radius 1 is 0.700 bits per heavy atom. The molecule has 0 fully saturated rings. The summed E-state index contributed by atoms with van der Waals surface area (Å²) >= 11 is 0.912. The van der Waals surface area contributed by atoms with Crippen LogP contribution in [0.1, 0.15) is 12.0 Å². The van der Waals surface area contributed by atoms with Crippen molar-refractivity contribution in [2.45, 2.75) is 58.0 Å². The van der Waals surface area contributed by atoms with Crippen molar-refractivity contribution in [1.82, 2.24) is 0 Å². The summed E-state index contributed by atoms with van der Waals surface area (Å²) < 4.78 is 200. The van der Waals surface area contributed by atoms with Crippen LogP contribution in [0.25, 0.3) is 0 Å². The Labute approximate surface area is 232 Å². The van der Waals surface area contributed by atoms with Crippen molar-refractivity contribution in [3.63, 3.8) is 0 Å². The summed E-state index contributed by atoms with van der Waals surface area (Å²) in [5.41, 5.74) is 0.384. The van der Waals surface area contributed by atoms with Gasteiger partial charge in [-0.2, -0.15) is 57.1 Å². The predicted octanol–water partition coefficient (Wildman–Crippen LogP) is 8.12. The quantitative estimate of drug-likeness (QED) is 0.133. The molecule has 2 aromatic carbocycles. The van der Waals surface area contributed by atoms with E-state index in [1.807, 2.05) is 0 Å². The standard InChI is InChI=1S/C22H17F13INO2S/c1-13-7-9-16(10-8-13)40(38,39)37(15-5-3-2-4-6-15)12-14(36)11-17(23,24)18(25,26)19(27,28)20(29,30)21(31,32)22(33,34)35/h2-10,14H,11-12H2,1H3. The Balaban J connectivity index is 2.46. The normalized spacial score (nSPS) is 15.2. The molecule has 2 rings (SSSR count). The molecule has 40 heavy (non-hydrogen) atoms. The zero-order valence-corrected chi connectivity index (χ0v) is 22.6. The van der Waals surface area contributed by atoms with E-state index in [9.17, 15) is 65.5 Å². The zero-order chi connectivity index (χ0) is 31.2. The van der Waals surface area contributed by atoms with Crippen LogP contribution in [0.4, 0.5) is 62.8 Å². The van der Waals surface area contributed by atoms with Crippen LogP contribution >= 0.6 is 22.6 Å². The molecular weight excluding hydrogens is 716 g/mol. The fourth-order valence-electron chi connectivity index (χ4n) is 3.23. The first-order valence-corrected chi connectivity index (χ1v) is 13.3.